The summed E-state index contributed by atoms with van der Waals surface area (Å²) >= 11 is 0. The van der Waals surface area contributed by atoms with Gasteiger partial charge in [0.2, 0.25) is 12.7 Å². The van der Waals surface area contributed by atoms with Crippen LogP contribution in [0.15, 0.2) is 42.5 Å². The maximum Gasteiger partial charge on any atom is 0.239 e. The molecular formula is C19H22N2O4. The monoisotopic (exact) mass is 342 g/mol. The van der Waals surface area contributed by atoms with Crippen molar-refractivity contribution in [3.05, 3.63) is 48.0 Å². The number of para-hydroxylation sites is 2. The number of nitrogens with one attached hydrogen (secondary N) is 2. The Morgan fingerprint density at radius 1 is 1.16 bits per heavy atom. The largest absolute Gasteiger partial charge is 0.489 e. The maximum absolute atomic E-state index is 12.1. The molecule has 6 heteroatoms. The zero-order valence-corrected chi connectivity index (χ0v) is 14.4. The predicted octanol–water partition coefficient (Wildman–Crippen LogP) is 2.93. The highest BCUT2D eigenvalue weighted by molar-refractivity contribution is 5.81. The summed E-state index contributed by atoms with van der Waals surface area (Å²) in [7, 11) is 0. The van der Waals surface area contributed by atoms with E-state index in [2.05, 4.69) is 10.6 Å². The van der Waals surface area contributed by atoms with E-state index in [9.17, 15) is 4.79 Å². The second-order valence-electron chi connectivity index (χ2n) is 5.98. The van der Waals surface area contributed by atoms with E-state index in [4.69, 9.17) is 14.2 Å². The molecule has 3 rings (SSSR count). The molecule has 0 saturated heterocycles. The minimum Gasteiger partial charge on any atom is -0.489 e. The Kier molecular flexibility index (Phi) is 5.28. The van der Waals surface area contributed by atoms with Crippen molar-refractivity contribution >= 4 is 11.6 Å². The van der Waals surface area contributed by atoms with Crippen LogP contribution in [0.1, 0.15) is 19.4 Å². The fourth-order valence-corrected chi connectivity index (χ4v) is 2.46. The van der Waals surface area contributed by atoms with Crippen LogP contribution in [0.3, 0.4) is 0 Å². The van der Waals surface area contributed by atoms with Gasteiger partial charge in [0.05, 0.1) is 18.3 Å². The van der Waals surface area contributed by atoms with E-state index >= 15 is 0 Å². The van der Waals surface area contributed by atoms with Crippen molar-refractivity contribution in [2.45, 2.75) is 26.5 Å². The van der Waals surface area contributed by atoms with Crippen molar-refractivity contribution in [1.82, 2.24) is 5.32 Å². The van der Waals surface area contributed by atoms with Crippen molar-refractivity contribution < 1.29 is 19.0 Å². The predicted molar refractivity (Wildman–Crippen MR) is 95.1 cm³/mol. The highest BCUT2D eigenvalue weighted by Crippen LogP contribution is 2.32. The topological polar surface area (TPSA) is 68.8 Å². The van der Waals surface area contributed by atoms with Crippen molar-refractivity contribution in [2.24, 2.45) is 0 Å². The molecule has 1 amide bonds. The molecule has 25 heavy (non-hydrogen) atoms. The van der Waals surface area contributed by atoms with Gasteiger partial charge in [0.1, 0.15) is 5.75 Å². The van der Waals surface area contributed by atoms with E-state index < -0.39 is 0 Å². The number of ether oxygens (including phenoxy) is 3. The zero-order chi connectivity index (χ0) is 17.6. The van der Waals surface area contributed by atoms with Crippen LogP contribution in [0.5, 0.6) is 17.2 Å². The Morgan fingerprint density at radius 3 is 2.80 bits per heavy atom. The Balaban J connectivity index is 1.50. The molecule has 2 aromatic carbocycles. The number of carbonyl (C=O) groups is 1. The Hall–Kier alpha value is -2.89. The number of fused-ring (bicyclic) bond motifs is 1. The van der Waals surface area contributed by atoms with E-state index in [-0.39, 0.29) is 25.3 Å². The van der Waals surface area contributed by atoms with E-state index in [0.717, 1.165) is 22.7 Å². The summed E-state index contributed by atoms with van der Waals surface area (Å²) in [6.07, 6.45) is 0.0720. The lowest BCUT2D eigenvalue weighted by Crippen LogP contribution is -2.29. The first-order valence-corrected chi connectivity index (χ1v) is 8.26. The van der Waals surface area contributed by atoms with Gasteiger partial charge >= 0.3 is 0 Å². The molecule has 0 bridgehead atoms. The Labute approximate surface area is 147 Å². The van der Waals surface area contributed by atoms with Crippen LogP contribution in [-0.2, 0) is 11.3 Å². The second kappa shape index (κ2) is 7.79. The molecule has 6 nitrogen and oxygen atoms in total. The molecule has 0 fully saturated rings. The normalized spacial score (nSPS) is 12.1. The van der Waals surface area contributed by atoms with Gasteiger partial charge in [0.25, 0.3) is 0 Å². The van der Waals surface area contributed by atoms with Crippen LogP contribution < -0.4 is 24.8 Å². The van der Waals surface area contributed by atoms with Crippen LogP contribution in [0.4, 0.5) is 5.69 Å². The minimum atomic E-state index is -0.1000. The summed E-state index contributed by atoms with van der Waals surface area (Å²) in [4.78, 5) is 12.1. The minimum absolute atomic E-state index is 0.0720. The third-order valence-electron chi connectivity index (χ3n) is 3.62. The first-order valence-electron chi connectivity index (χ1n) is 8.26. The summed E-state index contributed by atoms with van der Waals surface area (Å²) in [5, 5.41) is 6.00. The third kappa shape index (κ3) is 4.56. The number of rotatable bonds is 7. The second-order valence-corrected chi connectivity index (χ2v) is 5.98. The average molecular weight is 342 g/mol. The van der Waals surface area contributed by atoms with E-state index in [1.807, 2.05) is 56.3 Å². The standard InChI is InChI=1S/C19H22N2O4/c1-13(2)25-16-6-4-3-5-15(16)20-11-19(22)21-10-14-7-8-17-18(9-14)24-12-23-17/h3-9,13,20H,10-12H2,1-2H3,(H,21,22). The first-order chi connectivity index (χ1) is 12.1. The number of carbonyl (C=O) groups excluding carboxylic acids is 1. The van der Waals surface area contributed by atoms with Gasteiger partial charge in [0.15, 0.2) is 11.5 Å². The van der Waals surface area contributed by atoms with Gasteiger partial charge in [0, 0.05) is 6.54 Å². The average Bonchev–Trinajstić information content (AvgIpc) is 3.06. The lowest BCUT2D eigenvalue weighted by Gasteiger charge is -2.15. The summed E-state index contributed by atoms with van der Waals surface area (Å²) in [6.45, 7) is 4.78. The zero-order valence-electron chi connectivity index (χ0n) is 14.4. The van der Waals surface area contributed by atoms with Crippen LogP contribution >= 0.6 is 0 Å². The SMILES string of the molecule is CC(C)Oc1ccccc1NCC(=O)NCc1ccc2c(c1)OCO2. The van der Waals surface area contributed by atoms with Gasteiger partial charge in [-0.15, -0.1) is 0 Å². The van der Waals surface area contributed by atoms with Gasteiger partial charge in [-0.1, -0.05) is 18.2 Å². The molecule has 132 valence electrons. The number of anilines is 1. The van der Waals surface area contributed by atoms with Crippen molar-refractivity contribution in [3.63, 3.8) is 0 Å². The number of benzene rings is 2. The summed E-state index contributed by atoms with van der Waals surface area (Å²) in [5.41, 5.74) is 1.76. The molecule has 0 unspecified atom stereocenters. The molecule has 0 aromatic heterocycles. The third-order valence-corrected chi connectivity index (χ3v) is 3.62. The molecule has 0 atom stereocenters. The number of hydrogen-bond acceptors (Lipinski definition) is 5. The molecule has 2 aromatic rings. The van der Waals surface area contributed by atoms with Crippen LogP contribution in [0.2, 0.25) is 0 Å². The highest BCUT2D eigenvalue weighted by atomic mass is 16.7. The lowest BCUT2D eigenvalue weighted by atomic mass is 10.2. The van der Waals surface area contributed by atoms with Crippen LogP contribution in [0, 0.1) is 0 Å². The van der Waals surface area contributed by atoms with E-state index in [1.165, 1.54) is 0 Å². The van der Waals surface area contributed by atoms with Crippen LogP contribution in [-0.4, -0.2) is 25.3 Å². The molecule has 1 heterocycles. The Bertz CT molecular complexity index is 746. The maximum atomic E-state index is 12.1. The first kappa shape index (κ1) is 17.0. The molecule has 0 radical (unpaired) electrons. The Morgan fingerprint density at radius 2 is 1.96 bits per heavy atom. The van der Waals surface area contributed by atoms with Gasteiger partial charge in [-0.05, 0) is 43.7 Å². The van der Waals surface area contributed by atoms with Crippen molar-refractivity contribution in [1.29, 1.82) is 0 Å². The van der Waals surface area contributed by atoms with Gasteiger partial charge in [-0.25, -0.2) is 0 Å². The molecule has 1 aliphatic heterocycles. The van der Waals surface area contributed by atoms with Crippen molar-refractivity contribution in [3.8, 4) is 17.2 Å². The molecule has 0 spiro atoms. The fourth-order valence-electron chi connectivity index (χ4n) is 2.46. The number of amides is 1. The highest BCUT2D eigenvalue weighted by Gasteiger charge is 2.13. The molecule has 1 aliphatic rings. The molecular weight excluding hydrogens is 320 g/mol. The van der Waals surface area contributed by atoms with Gasteiger partial charge in [-0.3, -0.25) is 4.79 Å². The quantitative estimate of drug-likeness (QED) is 0.810. The van der Waals surface area contributed by atoms with E-state index in [0.29, 0.717) is 12.3 Å². The fraction of sp³-hybridized carbons (Fsp3) is 0.316. The molecule has 2 N–H and O–H groups in total. The van der Waals surface area contributed by atoms with Gasteiger partial charge in [-0.2, -0.15) is 0 Å². The lowest BCUT2D eigenvalue weighted by molar-refractivity contribution is -0.119. The summed E-state index contributed by atoms with van der Waals surface area (Å²) in [6, 6.07) is 13.2. The van der Waals surface area contributed by atoms with Crippen LogP contribution in [0.25, 0.3) is 0 Å². The van der Waals surface area contributed by atoms with Crippen molar-refractivity contribution in [2.75, 3.05) is 18.7 Å². The molecule has 0 aliphatic carbocycles. The number of hydrogen-bond donors (Lipinski definition) is 2. The smallest absolute Gasteiger partial charge is 0.239 e. The summed E-state index contributed by atoms with van der Waals surface area (Å²) < 4.78 is 16.3. The van der Waals surface area contributed by atoms with Gasteiger partial charge < -0.3 is 24.8 Å². The van der Waals surface area contributed by atoms with E-state index in [1.54, 1.807) is 0 Å². The molecule has 0 saturated carbocycles. The summed E-state index contributed by atoms with van der Waals surface area (Å²) in [5.74, 6) is 2.08.